The Morgan fingerprint density at radius 3 is 2.58 bits per heavy atom. The molecular weight excluding hydrogens is 355 g/mol. The highest BCUT2D eigenvalue weighted by Gasteiger charge is 2.16. The molecule has 6 heteroatoms. The summed E-state index contributed by atoms with van der Waals surface area (Å²) in [7, 11) is 5.74. The molecule has 0 bridgehead atoms. The van der Waals surface area contributed by atoms with Crippen LogP contribution in [0.2, 0.25) is 0 Å². The third kappa shape index (κ3) is 8.65. The summed E-state index contributed by atoms with van der Waals surface area (Å²) in [5.74, 6) is 1.68. The molecule has 1 saturated heterocycles. The number of piperidine rings is 1. The second-order valence-electron chi connectivity index (χ2n) is 4.97. The van der Waals surface area contributed by atoms with E-state index in [1.807, 2.05) is 7.05 Å². The van der Waals surface area contributed by atoms with Crippen LogP contribution >= 0.6 is 24.0 Å². The fraction of sp³-hybridized carbons (Fsp3) is 0.923. The molecule has 0 radical (unpaired) electrons. The zero-order chi connectivity index (χ0) is 13.2. The molecule has 0 atom stereocenters. The molecule has 1 fully saturated rings. The van der Waals surface area contributed by atoms with Gasteiger partial charge in [0.25, 0.3) is 0 Å². The first-order valence-electron chi connectivity index (χ1n) is 6.88. The first-order valence-corrected chi connectivity index (χ1v) is 6.88. The van der Waals surface area contributed by atoms with Crippen molar-refractivity contribution in [2.24, 2.45) is 10.9 Å². The van der Waals surface area contributed by atoms with Crippen LogP contribution < -0.4 is 10.6 Å². The molecule has 0 unspecified atom stereocenters. The largest absolute Gasteiger partial charge is 0.385 e. The van der Waals surface area contributed by atoms with Gasteiger partial charge in [0.2, 0.25) is 0 Å². The van der Waals surface area contributed by atoms with Crippen molar-refractivity contribution < 1.29 is 4.74 Å². The van der Waals surface area contributed by atoms with E-state index in [0.29, 0.717) is 0 Å². The molecule has 1 aliphatic heterocycles. The molecule has 1 rings (SSSR count). The van der Waals surface area contributed by atoms with Crippen molar-refractivity contribution in [2.45, 2.75) is 19.3 Å². The summed E-state index contributed by atoms with van der Waals surface area (Å²) in [5, 5.41) is 6.71. The number of guanidine groups is 1. The maximum absolute atomic E-state index is 5.02. The smallest absolute Gasteiger partial charge is 0.190 e. The van der Waals surface area contributed by atoms with Gasteiger partial charge in [-0.1, -0.05) is 0 Å². The van der Waals surface area contributed by atoms with Crippen LogP contribution in [-0.2, 0) is 4.74 Å². The Morgan fingerprint density at radius 1 is 1.32 bits per heavy atom. The highest BCUT2D eigenvalue weighted by molar-refractivity contribution is 14.0. The number of nitrogens with zero attached hydrogens (tertiary/aromatic N) is 2. The van der Waals surface area contributed by atoms with Crippen molar-refractivity contribution in [3.8, 4) is 0 Å². The fourth-order valence-electron chi connectivity index (χ4n) is 2.15. The quantitative estimate of drug-likeness (QED) is 0.312. The van der Waals surface area contributed by atoms with Crippen LogP contribution in [-0.4, -0.2) is 64.9 Å². The van der Waals surface area contributed by atoms with E-state index < -0.39 is 0 Å². The summed E-state index contributed by atoms with van der Waals surface area (Å²) < 4.78 is 5.02. The molecular formula is C13H29IN4O. The normalized spacial score (nSPS) is 17.9. The lowest BCUT2D eigenvalue weighted by molar-refractivity contribution is 0.195. The summed E-state index contributed by atoms with van der Waals surface area (Å²) in [6.45, 7) is 5.15. The lowest BCUT2D eigenvalue weighted by atomic mass is 9.97. The zero-order valence-electron chi connectivity index (χ0n) is 12.4. The Kier molecular flexibility index (Phi) is 11.7. The molecule has 0 saturated carbocycles. The van der Waals surface area contributed by atoms with Gasteiger partial charge in [0.05, 0.1) is 0 Å². The van der Waals surface area contributed by atoms with Crippen molar-refractivity contribution >= 4 is 29.9 Å². The Labute approximate surface area is 134 Å². The second kappa shape index (κ2) is 11.7. The third-order valence-corrected chi connectivity index (χ3v) is 3.44. The molecule has 0 aromatic carbocycles. The van der Waals surface area contributed by atoms with E-state index in [1.165, 1.54) is 25.9 Å². The van der Waals surface area contributed by atoms with Crippen molar-refractivity contribution in [2.75, 3.05) is 54.0 Å². The molecule has 19 heavy (non-hydrogen) atoms. The zero-order valence-corrected chi connectivity index (χ0v) is 14.8. The number of likely N-dealkylation sites (tertiary alicyclic amines) is 1. The van der Waals surface area contributed by atoms with E-state index in [1.54, 1.807) is 7.11 Å². The molecule has 0 aromatic heterocycles. The Morgan fingerprint density at radius 2 is 2.00 bits per heavy atom. The van der Waals surface area contributed by atoms with Crippen LogP contribution in [0.5, 0.6) is 0 Å². The van der Waals surface area contributed by atoms with Gasteiger partial charge in [0.1, 0.15) is 0 Å². The van der Waals surface area contributed by atoms with Gasteiger partial charge >= 0.3 is 0 Å². The van der Waals surface area contributed by atoms with Crippen LogP contribution in [0.3, 0.4) is 0 Å². The van der Waals surface area contributed by atoms with Crippen LogP contribution in [0.25, 0.3) is 0 Å². The molecule has 0 amide bonds. The highest BCUT2D eigenvalue weighted by atomic mass is 127. The summed E-state index contributed by atoms with van der Waals surface area (Å²) in [4.78, 5) is 6.63. The van der Waals surface area contributed by atoms with E-state index >= 15 is 0 Å². The van der Waals surface area contributed by atoms with Crippen molar-refractivity contribution in [1.82, 2.24) is 15.5 Å². The van der Waals surface area contributed by atoms with Gasteiger partial charge in [-0.25, -0.2) is 0 Å². The third-order valence-electron chi connectivity index (χ3n) is 3.44. The van der Waals surface area contributed by atoms with Gasteiger partial charge in [-0.15, -0.1) is 24.0 Å². The van der Waals surface area contributed by atoms with E-state index in [4.69, 9.17) is 4.74 Å². The first kappa shape index (κ1) is 18.9. The minimum Gasteiger partial charge on any atom is -0.385 e. The first-order chi connectivity index (χ1) is 8.76. The Bertz CT molecular complexity index is 243. The van der Waals surface area contributed by atoms with Gasteiger partial charge in [-0.05, 0) is 45.3 Å². The Balaban J connectivity index is 0.00000324. The number of hydrogen-bond donors (Lipinski definition) is 2. The van der Waals surface area contributed by atoms with Crippen LogP contribution in [0.1, 0.15) is 19.3 Å². The topological polar surface area (TPSA) is 48.9 Å². The van der Waals surface area contributed by atoms with Gasteiger partial charge in [0.15, 0.2) is 5.96 Å². The molecule has 5 nitrogen and oxygen atoms in total. The molecule has 0 aromatic rings. The highest BCUT2D eigenvalue weighted by Crippen LogP contribution is 2.14. The summed E-state index contributed by atoms with van der Waals surface area (Å²) >= 11 is 0. The molecule has 1 aliphatic rings. The van der Waals surface area contributed by atoms with Crippen LogP contribution in [0, 0.1) is 5.92 Å². The SMILES string of the molecule is CN=C(NCCCOC)NCC1CCN(C)CC1.I. The Hall–Kier alpha value is -0.0800. The van der Waals surface area contributed by atoms with Crippen LogP contribution in [0.15, 0.2) is 4.99 Å². The fourth-order valence-corrected chi connectivity index (χ4v) is 2.15. The minimum absolute atomic E-state index is 0. The number of hydrogen-bond acceptors (Lipinski definition) is 3. The van der Waals surface area contributed by atoms with Crippen molar-refractivity contribution in [1.29, 1.82) is 0 Å². The van der Waals surface area contributed by atoms with E-state index in [0.717, 1.165) is 38.0 Å². The number of halogens is 1. The summed E-state index contributed by atoms with van der Waals surface area (Å²) in [6, 6.07) is 0. The molecule has 0 aliphatic carbocycles. The average Bonchev–Trinajstić information content (AvgIpc) is 2.40. The molecule has 114 valence electrons. The monoisotopic (exact) mass is 384 g/mol. The number of nitrogens with one attached hydrogen (secondary N) is 2. The maximum atomic E-state index is 5.02. The number of aliphatic imine (C=N–C) groups is 1. The maximum Gasteiger partial charge on any atom is 0.190 e. The molecule has 1 heterocycles. The van der Waals surface area contributed by atoms with E-state index in [-0.39, 0.29) is 24.0 Å². The minimum atomic E-state index is 0. The van der Waals surface area contributed by atoms with Gasteiger partial charge in [0, 0.05) is 33.9 Å². The standard InChI is InChI=1S/C13H28N4O.HI/c1-14-13(15-7-4-10-18-3)16-11-12-5-8-17(2)9-6-12;/h12H,4-11H2,1-3H3,(H2,14,15,16);1H. The van der Waals surface area contributed by atoms with Gasteiger partial charge in [-0.2, -0.15) is 0 Å². The number of rotatable bonds is 6. The van der Waals surface area contributed by atoms with E-state index in [9.17, 15) is 0 Å². The summed E-state index contributed by atoms with van der Waals surface area (Å²) in [6.07, 6.45) is 3.57. The number of ether oxygens (including phenoxy) is 1. The summed E-state index contributed by atoms with van der Waals surface area (Å²) in [5.41, 5.74) is 0. The number of methoxy groups -OCH3 is 1. The lowest BCUT2D eigenvalue weighted by Crippen LogP contribution is -2.42. The lowest BCUT2D eigenvalue weighted by Gasteiger charge is -2.29. The predicted molar refractivity (Wildman–Crippen MR) is 91.5 cm³/mol. The van der Waals surface area contributed by atoms with Gasteiger partial charge in [-0.3, -0.25) is 4.99 Å². The average molecular weight is 384 g/mol. The van der Waals surface area contributed by atoms with Crippen molar-refractivity contribution in [3.63, 3.8) is 0 Å². The van der Waals surface area contributed by atoms with E-state index in [2.05, 4.69) is 27.6 Å². The molecule has 0 spiro atoms. The van der Waals surface area contributed by atoms with Crippen molar-refractivity contribution in [3.05, 3.63) is 0 Å². The second-order valence-corrected chi connectivity index (χ2v) is 4.97. The molecule has 2 N–H and O–H groups in total. The van der Waals surface area contributed by atoms with Crippen LogP contribution in [0.4, 0.5) is 0 Å². The van der Waals surface area contributed by atoms with Gasteiger partial charge < -0.3 is 20.3 Å². The predicted octanol–water partition coefficient (Wildman–Crippen LogP) is 1.15.